The number of hydrogen-bond acceptors (Lipinski definition) is 3. The molecule has 0 aliphatic rings. The smallest absolute Gasteiger partial charge is 0.270 e. The second-order valence-corrected chi connectivity index (χ2v) is 7.05. The Kier molecular flexibility index (Phi) is 5.40. The number of aromatic nitrogens is 3. The predicted octanol–water partition coefficient (Wildman–Crippen LogP) is 4.83. The molecule has 2 aromatic carbocycles. The molecule has 6 heteroatoms. The average Bonchev–Trinajstić information content (AvgIpc) is 3.19. The molecule has 5 nitrogen and oxygen atoms in total. The highest BCUT2D eigenvalue weighted by Gasteiger charge is 2.18. The van der Waals surface area contributed by atoms with Crippen LogP contribution in [0.3, 0.4) is 0 Å². The third-order valence-corrected chi connectivity index (χ3v) is 4.86. The van der Waals surface area contributed by atoms with Gasteiger partial charge in [0, 0.05) is 11.8 Å². The van der Waals surface area contributed by atoms with Crippen LogP contribution in [0.25, 0.3) is 16.9 Å². The Balaban J connectivity index is 1.71. The summed E-state index contributed by atoms with van der Waals surface area (Å²) in [7, 11) is 0. The molecule has 29 heavy (non-hydrogen) atoms. The summed E-state index contributed by atoms with van der Waals surface area (Å²) < 4.78 is 1.64. The lowest BCUT2D eigenvalue weighted by Gasteiger charge is -2.08. The van der Waals surface area contributed by atoms with Gasteiger partial charge in [-0.05, 0) is 43.3 Å². The summed E-state index contributed by atoms with van der Waals surface area (Å²) in [5.74, 6) is -0.234. The Labute approximate surface area is 174 Å². The molecule has 2 aromatic heterocycles. The molecule has 0 fully saturated rings. The summed E-state index contributed by atoms with van der Waals surface area (Å²) in [5, 5.41) is 8.18. The van der Waals surface area contributed by atoms with Crippen LogP contribution < -0.4 is 5.32 Å². The molecule has 0 radical (unpaired) electrons. The normalized spacial score (nSPS) is 10.7. The minimum Gasteiger partial charge on any atom is -0.345 e. The summed E-state index contributed by atoms with van der Waals surface area (Å²) in [6, 6.07) is 22.7. The summed E-state index contributed by atoms with van der Waals surface area (Å²) in [6.07, 6.45) is 1.70. The molecule has 144 valence electrons. The van der Waals surface area contributed by atoms with Gasteiger partial charge in [0.05, 0.1) is 28.6 Å². The molecule has 1 amide bonds. The predicted molar refractivity (Wildman–Crippen MR) is 114 cm³/mol. The van der Waals surface area contributed by atoms with Crippen molar-refractivity contribution in [2.24, 2.45) is 0 Å². The molecule has 4 rings (SSSR count). The molecule has 0 bridgehead atoms. The highest BCUT2D eigenvalue weighted by atomic mass is 35.5. The van der Waals surface area contributed by atoms with Gasteiger partial charge < -0.3 is 5.32 Å². The van der Waals surface area contributed by atoms with Crippen LogP contribution in [0.5, 0.6) is 0 Å². The Morgan fingerprint density at radius 1 is 1.03 bits per heavy atom. The van der Waals surface area contributed by atoms with E-state index >= 15 is 0 Å². The summed E-state index contributed by atoms with van der Waals surface area (Å²) >= 11 is 6.35. The zero-order valence-electron chi connectivity index (χ0n) is 15.8. The lowest BCUT2D eigenvalue weighted by molar-refractivity contribution is 0.0942. The van der Waals surface area contributed by atoms with Crippen LogP contribution in [-0.2, 0) is 6.54 Å². The maximum absolute atomic E-state index is 13.0. The number of nitrogens with one attached hydrogen (secondary N) is 1. The van der Waals surface area contributed by atoms with Crippen molar-refractivity contribution in [3.63, 3.8) is 0 Å². The van der Waals surface area contributed by atoms with Gasteiger partial charge in [0.2, 0.25) is 0 Å². The van der Waals surface area contributed by atoms with E-state index in [4.69, 9.17) is 11.6 Å². The molecule has 0 spiro atoms. The maximum atomic E-state index is 13.0. The molecule has 0 atom stereocenters. The molecule has 1 N–H and O–H groups in total. The lowest BCUT2D eigenvalue weighted by Crippen LogP contribution is -2.25. The van der Waals surface area contributed by atoms with Crippen molar-refractivity contribution in [2.75, 3.05) is 0 Å². The Morgan fingerprint density at radius 2 is 1.79 bits per heavy atom. The van der Waals surface area contributed by atoms with Gasteiger partial charge >= 0.3 is 0 Å². The van der Waals surface area contributed by atoms with Crippen LogP contribution in [0.15, 0.2) is 79.0 Å². The number of pyridine rings is 1. The number of nitrogens with zero attached hydrogens (tertiary/aromatic N) is 3. The van der Waals surface area contributed by atoms with Gasteiger partial charge in [0.15, 0.2) is 0 Å². The Morgan fingerprint density at radius 3 is 2.52 bits per heavy atom. The molecular formula is C23H19ClN4O. The first-order valence-electron chi connectivity index (χ1n) is 9.22. The molecule has 0 saturated carbocycles. The number of halogens is 1. The van der Waals surface area contributed by atoms with Crippen molar-refractivity contribution >= 4 is 17.5 Å². The SMILES string of the molecule is Cc1ccc(-n2nc(-c3ccccc3Cl)cc2C(=O)NCc2ccccn2)cc1. The fourth-order valence-electron chi connectivity index (χ4n) is 2.99. The van der Waals surface area contributed by atoms with E-state index in [1.165, 1.54) is 0 Å². The second-order valence-electron chi connectivity index (χ2n) is 6.65. The fourth-order valence-corrected chi connectivity index (χ4v) is 3.22. The summed E-state index contributed by atoms with van der Waals surface area (Å²) in [4.78, 5) is 17.2. The van der Waals surface area contributed by atoms with E-state index < -0.39 is 0 Å². The molecule has 0 unspecified atom stereocenters. The van der Waals surface area contributed by atoms with Crippen LogP contribution >= 0.6 is 11.6 Å². The lowest BCUT2D eigenvalue weighted by atomic mass is 10.1. The van der Waals surface area contributed by atoms with Crippen molar-refractivity contribution in [2.45, 2.75) is 13.5 Å². The number of carbonyl (C=O) groups excluding carboxylic acids is 1. The van der Waals surface area contributed by atoms with Gasteiger partial charge in [-0.2, -0.15) is 5.10 Å². The first-order valence-corrected chi connectivity index (χ1v) is 9.60. The van der Waals surface area contributed by atoms with E-state index in [0.717, 1.165) is 22.5 Å². The van der Waals surface area contributed by atoms with Gasteiger partial charge in [0.25, 0.3) is 5.91 Å². The third kappa shape index (κ3) is 4.20. The maximum Gasteiger partial charge on any atom is 0.270 e. The van der Waals surface area contributed by atoms with Gasteiger partial charge in [-0.15, -0.1) is 0 Å². The zero-order chi connectivity index (χ0) is 20.2. The quantitative estimate of drug-likeness (QED) is 0.520. The Bertz CT molecular complexity index is 1140. The standard InChI is InChI=1S/C23H19ClN4O/c1-16-9-11-18(12-10-16)28-22(23(29)26-15-17-6-4-5-13-25-17)14-21(27-28)19-7-2-3-8-20(19)24/h2-14H,15H2,1H3,(H,26,29). The minimum atomic E-state index is -0.234. The van der Waals surface area contributed by atoms with Gasteiger partial charge in [-0.1, -0.05) is 53.6 Å². The van der Waals surface area contributed by atoms with Crippen molar-refractivity contribution in [3.05, 3.63) is 101 Å². The minimum absolute atomic E-state index is 0.234. The highest BCUT2D eigenvalue weighted by Crippen LogP contribution is 2.28. The zero-order valence-corrected chi connectivity index (χ0v) is 16.6. The van der Waals surface area contributed by atoms with E-state index in [9.17, 15) is 4.79 Å². The number of benzene rings is 2. The topological polar surface area (TPSA) is 59.8 Å². The largest absolute Gasteiger partial charge is 0.345 e. The van der Waals surface area contributed by atoms with Gasteiger partial charge in [0.1, 0.15) is 5.69 Å². The summed E-state index contributed by atoms with van der Waals surface area (Å²) in [5.41, 5.74) is 4.57. The van der Waals surface area contributed by atoms with Crippen molar-refractivity contribution in [1.82, 2.24) is 20.1 Å². The number of carbonyl (C=O) groups is 1. The number of aryl methyl sites for hydroxylation is 1. The number of hydrogen-bond donors (Lipinski definition) is 1. The first-order chi connectivity index (χ1) is 14.1. The fraction of sp³-hybridized carbons (Fsp3) is 0.0870. The van der Waals surface area contributed by atoms with Crippen LogP contribution in [0, 0.1) is 6.92 Å². The molecule has 0 aliphatic carbocycles. The molecule has 0 saturated heterocycles. The van der Waals surface area contributed by atoms with Crippen LogP contribution in [0.1, 0.15) is 21.7 Å². The molecular weight excluding hydrogens is 384 g/mol. The van der Waals surface area contributed by atoms with Crippen LogP contribution in [-0.4, -0.2) is 20.7 Å². The van der Waals surface area contributed by atoms with Crippen LogP contribution in [0.4, 0.5) is 0 Å². The van der Waals surface area contributed by atoms with Crippen molar-refractivity contribution in [3.8, 4) is 16.9 Å². The average molecular weight is 403 g/mol. The second kappa shape index (κ2) is 8.29. The van der Waals surface area contributed by atoms with Crippen molar-refractivity contribution < 1.29 is 4.79 Å². The van der Waals surface area contributed by atoms with E-state index in [2.05, 4.69) is 15.4 Å². The van der Waals surface area contributed by atoms with E-state index in [0.29, 0.717) is 23.0 Å². The van der Waals surface area contributed by atoms with E-state index in [1.54, 1.807) is 16.9 Å². The first kappa shape index (κ1) is 18.9. The van der Waals surface area contributed by atoms with Crippen LogP contribution in [0.2, 0.25) is 5.02 Å². The number of amides is 1. The van der Waals surface area contributed by atoms with E-state index in [1.807, 2.05) is 73.7 Å². The molecule has 0 aliphatic heterocycles. The highest BCUT2D eigenvalue weighted by molar-refractivity contribution is 6.33. The monoisotopic (exact) mass is 402 g/mol. The summed E-state index contributed by atoms with van der Waals surface area (Å²) in [6.45, 7) is 2.35. The Hall–Kier alpha value is -3.44. The van der Waals surface area contributed by atoms with E-state index in [-0.39, 0.29) is 5.91 Å². The van der Waals surface area contributed by atoms with Gasteiger partial charge in [-0.25, -0.2) is 4.68 Å². The van der Waals surface area contributed by atoms with Gasteiger partial charge in [-0.3, -0.25) is 9.78 Å². The third-order valence-electron chi connectivity index (χ3n) is 4.53. The molecule has 2 heterocycles. The number of rotatable bonds is 5. The van der Waals surface area contributed by atoms with Crippen molar-refractivity contribution in [1.29, 1.82) is 0 Å². The molecule has 4 aromatic rings.